The molecule has 2 aliphatic heterocycles. The van der Waals surface area contributed by atoms with Gasteiger partial charge in [0.25, 0.3) is 0 Å². The summed E-state index contributed by atoms with van der Waals surface area (Å²) < 4.78 is 1.89. The third kappa shape index (κ3) is 4.42. The van der Waals surface area contributed by atoms with Gasteiger partial charge in [0.05, 0.1) is 18.3 Å². The lowest BCUT2D eigenvalue weighted by atomic mass is 10.1. The van der Waals surface area contributed by atoms with Crippen LogP contribution in [0.25, 0.3) is 11.3 Å². The van der Waals surface area contributed by atoms with Crippen LogP contribution in [0.4, 0.5) is 0 Å². The summed E-state index contributed by atoms with van der Waals surface area (Å²) >= 11 is 0. The summed E-state index contributed by atoms with van der Waals surface area (Å²) in [4.78, 5) is 14.4. The number of hydrogen-bond donors (Lipinski definition) is 2. The Hall–Kier alpha value is -2.25. The van der Waals surface area contributed by atoms with Crippen LogP contribution in [0.15, 0.2) is 30.5 Å². The van der Waals surface area contributed by atoms with Gasteiger partial charge in [0.15, 0.2) is 0 Å². The number of benzene rings is 1. The molecule has 7 heteroatoms. The molecular formula is C21H30N6O. The van der Waals surface area contributed by atoms with Crippen LogP contribution in [-0.2, 0) is 11.3 Å². The Kier molecular flexibility index (Phi) is 6.02. The van der Waals surface area contributed by atoms with E-state index in [2.05, 4.69) is 50.1 Å². The molecule has 1 aromatic heterocycles. The van der Waals surface area contributed by atoms with Crippen LogP contribution in [0.3, 0.4) is 0 Å². The molecule has 2 N–H and O–H groups in total. The molecule has 150 valence electrons. The molecule has 0 bridgehead atoms. The first kappa shape index (κ1) is 19.1. The number of carbonyl (C=O) groups excluding carboxylic acids is 1. The van der Waals surface area contributed by atoms with Crippen LogP contribution in [0.5, 0.6) is 0 Å². The minimum absolute atomic E-state index is 0.0304. The number of rotatable bonds is 5. The summed E-state index contributed by atoms with van der Waals surface area (Å²) in [5.74, 6) is 0.0304. The zero-order valence-corrected chi connectivity index (χ0v) is 16.6. The maximum atomic E-state index is 11.8. The fourth-order valence-corrected chi connectivity index (χ4v) is 4.21. The van der Waals surface area contributed by atoms with Gasteiger partial charge in [0.1, 0.15) is 5.69 Å². The van der Waals surface area contributed by atoms with Crippen LogP contribution in [0, 0.1) is 0 Å². The normalized spacial score (nSPS) is 23.5. The number of nitrogens with one attached hydrogen (secondary N) is 2. The number of likely N-dealkylation sites (tertiary alicyclic amines) is 1. The van der Waals surface area contributed by atoms with Crippen molar-refractivity contribution in [2.75, 3.05) is 26.7 Å². The van der Waals surface area contributed by atoms with Crippen LogP contribution in [0.2, 0.25) is 0 Å². The standard InChI is InChI=1S/C21H30N6O/c1-22-21(28)19-12-18(13-23-19)27-15-20(24-25-27)17-8-6-16(7-9-17)14-26-10-4-2-3-5-11-26/h6-9,15,18-19,23H,2-5,10-14H2,1H3,(H,22,28)/t18-,19+/m1/s1. The van der Waals surface area contributed by atoms with Crippen molar-refractivity contribution >= 4 is 5.91 Å². The molecule has 0 spiro atoms. The van der Waals surface area contributed by atoms with Gasteiger partial charge in [-0.2, -0.15) is 0 Å². The monoisotopic (exact) mass is 382 g/mol. The molecule has 2 aliphatic rings. The molecule has 28 heavy (non-hydrogen) atoms. The van der Waals surface area contributed by atoms with Gasteiger partial charge in [-0.05, 0) is 37.9 Å². The molecular weight excluding hydrogens is 352 g/mol. The smallest absolute Gasteiger partial charge is 0.236 e. The fraction of sp³-hybridized carbons (Fsp3) is 0.571. The molecule has 2 fully saturated rings. The zero-order valence-electron chi connectivity index (χ0n) is 16.6. The first-order valence-corrected chi connectivity index (χ1v) is 10.4. The van der Waals surface area contributed by atoms with Gasteiger partial charge < -0.3 is 10.6 Å². The Morgan fingerprint density at radius 1 is 1.18 bits per heavy atom. The van der Waals surface area contributed by atoms with Crippen molar-refractivity contribution in [3.05, 3.63) is 36.0 Å². The highest BCUT2D eigenvalue weighted by Crippen LogP contribution is 2.23. The van der Waals surface area contributed by atoms with Crippen molar-refractivity contribution in [3.63, 3.8) is 0 Å². The average Bonchev–Trinajstić information content (AvgIpc) is 3.34. The van der Waals surface area contributed by atoms with Crippen molar-refractivity contribution in [2.24, 2.45) is 0 Å². The van der Waals surface area contributed by atoms with Crippen molar-refractivity contribution in [2.45, 2.75) is 50.7 Å². The summed E-state index contributed by atoms with van der Waals surface area (Å²) in [6.45, 7) is 4.18. The van der Waals surface area contributed by atoms with E-state index < -0.39 is 0 Å². The zero-order chi connectivity index (χ0) is 19.3. The summed E-state index contributed by atoms with van der Waals surface area (Å²) in [7, 11) is 1.67. The second-order valence-electron chi connectivity index (χ2n) is 7.94. The van der Waals surface area contributed by atoms with Gasteiger partial charge in [-0.15, -0.1) is 5.10 Å². The van der Waals surface area contributed by atoms with E-state index in [1.807, 2.05) is 10.9 Å². The summed E-state index contributed by atoms with van der Waals surface area (Å²) in [5.41, 5.74) is 3.32. The van der Waals surface area contributed by atoms with Gasteiger partial charge in [0.2, 0.25) is 5.91 Å². The predicted molar refractivity (Wildman–Crippen MR) is 109 cm³/mol. The third-order valence-corrected chi connectivity index (χ3v) is 5.91. The Labute approximate surface area is 166 Å². The van der Waals surface area contributed by atoms with E-state index in [4.69, 9.17) is 0 Å². The van der Waals surface area contributed by atoms with Crippen LogP contribution < -0.4 is 10.6 Å². The summed E-state index contributed by atoms with van der Waals surface area (Å²) in [6, 6.07) is 8.70. The Morgan fingerprint density at radius 2 is 1.93 bits per heavy atom. The van der Waals surface area contributed by atoms with E-state index in [0.717, 1.165) is 30.8 Å². The molecule has 0 aliphatic carbocycles. The van der Waals surface area contributed by atoms with E-state index in [1.54, 1.807) is 7.05 Å². The van der Waals surface area contributed by atoms with Crippen LogP contribution in [-0.4, -0.2) is 58.5 Å². The predicted octanol–water partition coefficient (Wildman–Crippen LogP) is 1.97. The minimum Gasteiger partial charge on any atom is -0.358 e. The molecule has 7 nitrogen and oxygen atoms in total. The fourth-order valence-electron chi connectivity index (χ4n) is 4.21. The number of aromatic nitrogens is 3. The second-order valence-corrected chi connectivity index (χ2v) is 7.94. The van der Waals surface area contributed by atoms with Gasteiger partial charge in [0, 0.05) is 25.7 Å². The molecule has 3 heterocycles. The topological polar surface area (TPSA) is 75.1 Å². The first-order chi connectivity index (χ1) is 13.7. The Morgan fingerprint density at radius 3 is 2.64 bits per heavy atom. The summed E-state index contributed by atoms with van der Waals surface area (Å²) in [6.07, 6.45) is 8.09. The average molecular weight is 383 g/mol. The van der Waals surface area contributed by atoms with Crippen molar-refractivity contribution < 1.29 is 4.79 Å². The van der Waals surface area contributed by atoms with Gasteiger partial charge in [-0.1, -0.05) is 42.3 Å². The molecule has 2 aromatic rings. The molecule has 2 saturated heterocycles. The molecule has 4 rings (SSSR count). The van der Waals surface area contributed by atoms with Crippen molar-refractivity contribution in [3.8, 4) is 11.3 Å². The van der Waals surface area contributed by atoms with Gasteiger partial charge in [-0.25, -0.2) is 4.68 Å². The summed E-state index contributed by atoms with van der Waals surface area (Å²) in [5, 5.41) is 14.6. The first-order valence-electron chi connectivity index (χ1n) is 10.4. The number of amides is 1. The lowest BCUT2D eigenvalue weighted by Crippen LogP contribution is -2.38. The highest BCUT2D eigenvalue weighted by Gasteiger charge is 2.30. The highest BCUT2D eigenvalue weighted by molar-refractivity contribution is 5.81. The SMILES string of the molecule is CNC(=O)[C@@H]1C[C@@H](n2cc(-c3ccc(CN4CCCCCC4)cc3)nn2)CN1. The molecule has 0 unspecified atom stereocenters. The molecule has 0 radical (unpaired) electrons. The number of nitrogens with zero attached hydrogens (tertiary/aromatic N) is 4. The van der Waals surface area contributed by atoms with E-state index in [-0.39, 0.29) is 18.0 Å². The van der Waals surface area contributed by atoms with E-state index in [9.17, 15) is 4.79 Å². The molecule has 0 saturated carbocycles. The van der Waals surface area contributed by atoms with Crippen molar-refractivity contribution in [1.29, 1.82) is 0 Å². The quantitative estimate of drug-likeness (QED) is 0.827. The van der Waals surface area contributed by atoms with Gasteiger partial charge >= 0.3 is 0 Å². The highest BCUT2D eigenvalue weighted by atomic mass is 16.2. The second kappa shape index (κ2) is 8.84. The van der Waals surface area contributed by atoms with E-state index in [1.165, 1.54) is 44.3 Å². The minimum atomic E-state index is -0.152. The lowest BCUT2D eigenvalue weighted by molar-refractivity contribution is -0.122. The van der Waals surface area contributed by atoms with E-state index in [0.29, 0.717) is 0 Å². The van der Waals surface area contributed by atoms with E-state index >= 15 is 0 Å². The van der Waals surface area contributed by atoms with Crippen LogP contribution in [0.1, 0.15) is 43.7 Å². The number of likely N-dealkylation sites (N-methyl/N-ethyl adjacent to an activating group) is 1. The van der Waals surface area contributed by atoms with Crippen LogP contribution >= 0.6 is 0 Å². The number of carbonyl (C=O) groups is 1. The largest absolute Gasteiger partial charge is 0.358 e. The Balaban J connectivity index is 1.38. The van der Waals surface area contributed by atoms with Gasteiger partial charge in [-0.3, -0.25) is 9.69 Å². The molecule has 2 atom stereocenters. The maximum Gasteiger partial charge on any atom is 0.236 e. The number of hydrogen-bond acceptors (Lipinski definition) is 5. The molecule has 1 amide bonds. The lowest BCUT2D eigenvalue weighted by Gasteiger charge is -2.19. The maximum absolute atomic E-state index is 11.8. The van der Waals surface area contributed by atoms with Crippen molar-refractivity contribution in [1.82, 2.24) is 30.5 Å². The third-order valence-electron chi connectivity index (χ3n) is 5.91. The molecule has 1 aromatic carbocycles. The Bertz CT molecular complexity index is 778.